The van der Waals surface area contributed by atoms with Gasteiger partial charge in [0.1, 0.15) is 0 Å². The zero-order chi connectivity index (χ0) is 14.5. The second-order valence-corrected chi connectivity index (χ2v) is 7.37. The molecular formula is C15H19N3OS2. The van der Waals surface area contributed by atoms with E-state index in [1.165, 1.54) is 17.5 Å². The van der Waals surface area contributed by atoms with Crippen LogP contribution in [-0.4, -0.2) is 29.5 Å². The number of rotatable bonds is 6. The molecule has 0 spiro atoms. The molecule has 0 saturated carbocycles. The van der Waals surface area contributed by atoms with Crippen LogP contribution in [0.5, 0.6) is 0 Å². The highest BCUT2D eigenvalue weighted by atomic mass is 32.2. The van der Waals surface area contributed by atoms with E-state index in [1.54, 1.807) is 23.1 Å². The first-order chi connectivity index (χ1) is 10.3. The first-order valence-electron chi connectivity index (χ1n) is 7.17. The molecule has 1 saturated heterocycles. The summed E-state index contributed by atoms with van der Waals surface area (Å²) in [6.45, 7) is 3.84. The van der Waals surface area contributed by atoms with E-state index in [9.17, 15) is 0 Å². The van der Waals surface area contributed by atoms with Crippen LogP contribution in [0.4, 0.5) is 5.13 Å². The molecule has 1 aromatic carbocycles. The summed E-state index contributed by atoms with van der Waals surface area (Å²) in [7, 11) is 0. The lowest BCUT2D eigenvalue weighted by Gasteiger charge is -2.08. The SMILES string of the molecule is Cc1cccc(CSc2nnc(NCC3CCCO3)s2)c1. The second kappa shape index (κ2) is 7.24. The van der Waals surface area contributed by atoms with Gasteiger partial charge >= 0.3 is 0 Å². The minimum Gasteiger partial charge on any atom is -0.376 e. The van der Waals surface area contributed by atoms with Gasteiger partial charge in [0, 0.05) is 18.9 Å². The van der Waals surface area contributed by atoms with Crippen molar-refractivity contribution in [2.24, 2.45) is 0 Å². The summed E-state index contributed by atoms with van der Waals surface area (Å²) in [4.78, 5) is 0. The Bertz CT molecular complexity index is 582. The number of hydrogen-bond acceptors (Lipinski definition) is 6. The van der Waals surface area contributed by atoms with Gasteiger partial charge in [-0.15, -0.1) is 10.2 Å². The number of hydrogen-bond donors (Lipinski definition) is 1. The quantitative estimate of drug-likeness (QED) is 0.822. The average Bonchev–Trinajstić information content (AvgIpc) is 3.15. The van der Waals surface area contributed by atoms with Crippen molar-refractivity contribution >= 4 is 28.2 Å². The molecule has 1 aliphatic heterocycles. The summed E-state index contributed by atoms with van der Waals surface area (Å²) in [5.74, 6) is 0.933. The zero-order valence-electron chi connectivity index (χ0n) is 12.0. The summed E-state index contributed by atoms with van der Waals surface area (Å²) in [5, 5.41) is 12.6. The van der Waals surface area contributed by atoms with Gasteiger partial charge in [-0.2, -0.15) is 0 Å². The summed E-state index contributed by atoms with van der Waals surface area (Å²) >= 11 is 3.35. The van der Waals surface area contributed by atoms with E-state index < -0.39 is 0 Å². The molecule has 0 aliphatic carbocycles. The van der Waals surface area contributed by atoms with E-state index in [0.717, 1.165) is 34.8 Å². The van der Waals surface area contributed by atoms with Crippen LogP contribution in [0, 0.1) is 6.92 Å². The van der Waals surface area contributed by atoms with Crippen molar-refractivity contribution in [1.82, 2.24) is 10.2 Å². The Morgan fingerprint density at radius 1 is 1.43 bits per heavy atom. The topological polar surface area (TPSA) is 47.0 Å². The molecule has 112 valence electrons. The minimum atomic E-state index is 0.331. The molecule has 1 aliphatic rings. The molecule has 1 fully saturated rings. The average molecular weight is 321 g/mol. The van der Waals surface area contributed by atoms with Crippen molar-refractivity contribution in [3.05, 3.63) is 35.4 Å². The fourth-order valence-corrected chi connectivity index (χ4v) is 3.99. The van der Waals surface area contributed by atoms with E-state index in [2.05, 4.69) is 46.7 Å². The number of aryl methyl sites for hydroxylation is 1. The van der Waals surface area contributed by atoms with Crippen LogP contribution in [0.15, 0.2) is 28.6 Å². The lowest BCUT2D eigenvalue weighted by molar-refractivity contribution is 0.120. The molecule has 1 aromatic heterocycles. The van der Waals surface area contributed by atoms with Crippen molar-refractivity contribution in [3.8, 4) is 0 Å². The van der Waals surface area contributed by atoms with Crippen molar-refractivity contribution < 1.29 is 4.74 Å². The van der Waals surface area contributed by atoms with Crippen molar-refractivity contribution in [2.45, 2.75) is 36.0 Å². The molecule has 1 atom stereocenters. The molecule has 21 heavy (non-hydrogen) atoms. The number of thioether (sulfide) groups is 1. The third-order valence-electron chi connectivity index (χ3n) is 3.36. The first kappa shape index (κ1) is 14.8. The number of nitrogens with zero attached hydrogens (tertiary/aromatic N) is 2. The highest BCUT2D eigenvalue weighted by Crippen LogP contribution is 2.28. The zero-order valence-corrected chi connectivity index (χ0v) is 13.7. The number of aromatic nitrogens is 2. The number of anilines is 1. The molecule has 3 rings (SSSR count). The minimum absolute atomic E-state index is 0.331. The van der Waals surface area contributed by atoms with Gasteiger partial charge < -0.3 is 10.1 Å². The van der Waals surface area contributed by atoms with Crippen molar-refractivity contribution in [1.29, 1.82) is 0 Å². The Kier molecular flexibility index (Phi) is 5.11. The Labute approximate surface area is 133 Å². The van der Waals surface area contributed by atoms with Gasteiger partial charge in [0.05, 0.1) is 6.10 Å². The van der Waals surface area contributed by atoms with E-state index >= 15 is 0 Å². The van der Waals surface area contributed by atoms with Crippen LogP contribution in [0.1, 0.15) is 24.0 Å². The molecule has 2 aromatic rings. The summed E-state index contributed by atoms with van der Waals surface area (Å²) in [6, 6.07) is 8.58. The van der Waals surface area contributed by atoms with E-state index in [4.69, 9.17) is 4.74 Å². The highest BCUT2D eigenvalue weighted by molar-refractivity contribution is 8.00. The summed E-state index contributed by atoms with van der Waals surface area (Å²) < 4.78 is 6.59. The van der Waals surface area contributed by atoms with Crippen LogP contribution in [0.3, 0.4) is 0 Å². The van der Waals surface area contributed by atoms with Gasteiger partial charge in [0.25, 0.3) is 0 Å². The fraction of sp³-hybridized carbons (Fsp3) is 0.467. The van der Waals surface area contributed by atoms with Crippen LogP contribution in [0.2, 0.25) is 0 Å². The van der Waals surface area contributed by atoms with E-state index in [0.29, 0.717) is 6.10 Å². The maximum absolute atomic E-state index is 5.59. The van der Waals surface area contributed by atoms with Crippen molar-refractivity contribution in [3.63, 3.8) is 0 Å². The number of ether oxygens (including phenoxy) is 1. The largest absolute Gasteiger partial charge is 0.376 e. The maximum atomic E-state index is 5.59. The van der Waals surface area contributed by atoms with Gasteiger partial charge in [0.15, 0.2) is 4.34 Å². The molecular weight excluding hydrogens is 302 g/mol. The van der Waals surface area contributed by atoms with Gasteiger partial charge in [-0.05, 0) is 25.3 Å². The van der Waals surface area contributed by atoms with Crippen LogP contribution in [-0.2, 0) is 10.5 Å². The predicted molar refractivity (Wildman–Crippen MR) is 88.1 cm³/mol. The fourth-order valence-electron chi connectivity index (χ4n) is 2.29. The molecule has 4 nitrogen and oxygen atoms in total. The lowest BCUT2D eigenvalue weighted by Crippen LogP contribution is -2.18. The Balaban J connectivity index is 1.48. The Morgan fingerprint density at radius 3 is 3.19 bits per heavy atom. The van der Waals surface area contributed by atoms with Crippen LogP contribution >= 0.6 is 23.1 Å². The lowest BCUT2D eigenvalue weighted by atomic mass is 10.2. The number of nitrogens with one attached hydrogen (secondary N) is 1. The van der Waals surface area contributed by atoms with Gasteiger partial charge in [-0.3, -0.25) is 0 Å². The van der Waals surface area contributed by atoms with Gasteiger partial charge in [0.2, 0.25) is 5.13 Å². The normalized spacial score (nSPS) is 18.0. The van der Waals surface area contributed by atoms with Crippen LogP contribution in [0.25, 0.3) is 0 Å². The first-order valence-corrected chi connectivity index (χ1v) is 8.97. The number of benzene rings is 1. The molecule has 1 N–H and O–H groups in total. The molecule has 6 heteroatoms. The van der Waals surface area contributed by atoms with Gasteiger partial charge in [-0.1, -0.05) is 52.9 Å². The summed E-state index contributed by atoms with van der Waals surface area (Å²) in [6.07, 6.45) is 2.64. The Hall–Kier alpha value is -1.11. The molecule has 1 unspecified atom stereocenters. The third-order valence-corrected chi connectivity index (χ3v) is 5.44. The third kappa shape index (κ3) is 4.43. The molecule has 0 radical (unpaired) electrons. The standard InChI is InChI=1S/C15H19N3OS2/c1-11-4-2-5-12(8-11)10-20-15-18-17-14(21-15)16-9-13-6-3-7-19-13/h2,4-5,8,13H,3,6-7,9-10H2,1H3,(H,16,17). The molecule has 0 amide bonds. The Morgan fingerprint density at radius 2 is 2.38 bits per heavy atom. The highest BCUT2D eigenvalue weighted by Gasteiger charge is 2.15. The van der Waals surface area contributed by atoms with Crippen LogP contribution < -0.4 is 5.32 Å². The second-order valence-electron chi connectivity index (χ2n) is 5.17. The van der Waals surface area contributed by atoms with E-state index in [-0.39, 0.29) is 0 Å². The summed E-state index contributed by atoms with van der Waals surface area (Å²) in [5.41, 5.74) is 2.62. The molecule has 2 heterocycles. The monoisotopic (exact) mass is 321 g/mol. The van der Waals surface area contributed by atoms with E-state index in [1.807, 2.05) is 0 Å². The predicted octanol–water partition coefficient (Wildman–Crippen LogP) is 3.73. The smallest absolute Gasteiger partial charge is 0.206 e. The van der Waals surface area contributed by atoms with Crippen molar-refractivity contribution in [2.75, 3.05) is 18.5 Å². The maximum Gasteiger partial charge on any atom is 0.206 e. The van der Waals surface area contributed by atoms with Gasteiger partial charge in [-0.25, -0.2) is 0 Å². The molecule has 0 bridgehead atoms.